The smallest absolute Gasteiger partial charge is 0.0351 e. The average molecular weight is 1400 g/mol. The topological polar surface area (TPSA) is 0 Å². The Bertz CT molecular complexity index is 1370. The van der Waals surface area contributed by atoms with Crippen LogP contribution in [0, 0.1) is 50.7 Å². The Labute approximate surface area is 640 Å². The maximum Gasteiger partial charge on any atom is -0.0351 e. The predicted molar refractivity (Wildman–Crippen MR) is 477 cm³/mol. The summed E-state index contributed by atoms with van der Waals surface area (Å²) in [6, 6.07) is 0. The first-order chi connectivity index (χ1) is 44.3. The van der Waals surface area contributed by atoms with Crippen LogP contribution in [0.4, 0.5) is 0 Å². The lowest BCUT2D eigenvalue weighted by Gasteiger charge is -2.21. The molecule has 0 spiro atoms. The Kier molecular flexibility index (Phi) is 104. The van der Waals surface area contributed by atoms with Crippen LogP contribution in [0.15, 0.2) is 24.3 Å². The molecule has 0 fully saturated rings. The monoisotopic (exact) mass is 1400 g/mol. The fraction of sp³-hybridized carbons (Fsp3) is 0.960. The second-order valence-electron chi connectivity index (χ2n) is 38.0. The van der Waals surface area contributed by atoms with Crippen molar-refractivity contribution in [1.29, 1.82) is 0 Å². The van der Waals surface area contributed by atoms with Crippen molar-refractivity contribution in [1.82, 2.24) is 0 Å². The molecule has 0 aromatic carbocycles. The average Bonchev–Trinajstić information content (AvgIpc) is 1.25. The summed E-state index contributed by atoms with van der Waals surface area (Å²) in [6.45, 7) is 56.4. The van der Waals surface area contributed by atoms with Crippen LogP contribution >= 0.6 is 0 Å². The highest BCUT2D eigenvalue weighted by Gasteiger charge is 2.15. The zero-order chi connectivity index (χ0) is 71.9. The third-order valence-corrected chi connectivity index (χ3v) is 19.6. The molecule has 0 heteroatoms. The molecular weight excluding hydrogens is 1190 g/mol. The lowest BCUT2D eigenvalue weighted by Crippen LogP contribution is -2.08. The quantitative estimate of drug-likeness (QED) is 0.0421. The number of hydrogen-bond donors (Lipinski definition) is 0. The van der Waals surface area contributed by atoms with Gasteiger partial charge in [-0.2, -0.15) is 0 Å². The Balaban J connectivity index is -0.000000124. The molecule has 0 nitrogen and oxygen atoms in total. The molecule has 0 saturated heterocycles. The molecule has 0 aliphatic heterocycles. The summed E-state index contributed by atoms with van der Waals surface area (Å²) < 4.78 is 0. The summed E-state index contributed by atoms with van der Waals surface area (Å²) in [5.74, 6) is 3.66. The van der Waals surface area contributed by atoms with Crippen LogP contribution in [0.3, 0.4) is 0 Å². The van der Waals surface area contributed by atoms with Gasteiger partial charge in [0.1, 0.15) is 0 Å². The van der Waals surface area contributed by atoms with Gasteiger partial charge in [-0.1, -0.05) is 523 Å². The summed E-state index contributed by atoms with van der Waals surface area (Å²) in [7, 11) is 0. The van der Waals surface area contributed by atoms with Gasteiger partial charge in [-0.15, -0.1) is 0 Å². The molecule has 0 radical (unpaired) electrons. The van der Waals surface area contributed by atoms with Crippen LogP contribution in [0.25, 0.3) is 0 Å². The molecule has 0 N–H and O–H groups in total. The van der Waals surface area contributed by atoms with E-state index in [2.05, 4.69) is 190 Å². The molecule has 99 heavy (non-hydrogen) atoms. The van der Waals surface area contributed by atoms with E-state index in [4.69, 9.17) is 0 Å². The van der Waals surface area contributed by atoms with Crippen molar-refractivity contribution in [3.05, 3.63) is 24.3 Å². The molecular formula is C99H214. The van der Waals surface area contributed by atoms with Gasteiger partial charge in [0.15, 0.2) is 0 Å². The van der Waals surface area contributed by atoms with Gasteiger partial charge in [0, 0.05) is 0 Å². The largest absolute Gasteiger partial charge is 0.0885 e. The molecule has 3 atom stereocenters. The van der Waals surface area contributed by atoms with Crippen molar-refractivity contribution in [3.8, 4) is 0 Å². The molecule has 0 amide bonds. The van der Waals surface area contributed by atoms with Crippen molar-refractivity contribution in [3.63, 3.8) is 0 Å². The van der Waals surface area contributed by atoms with Gasteiger partial charge >= 0.3 is 0 Å². The molecule has 3 unspecified atom stereocenters. The Morgan fingerprint density at radius 1 is 0.182 bits per heavy atom. The molecule has 0 aliphatic rings. The maximum absolute atomic E-state index is 2.48. The molecule has 0 aliphatic carbocycles. The summed E-state index contributed by atoms with van der Waals surface area (Å²) in [5, 5.41) is 0. The van der Waals surface area contributed by atoms with E-state index in [1.807, 2.05) is 0 Å². The molecule has 0 aromatic heterocycles. The minimum atomic E-state index is 0. The number of unbranched alkanes of at least 4 members (excludes halogenated alkanes) is 36. The van der Waals surface area contributed by atoms with Gasteiger partial charge in [0.25, 0.3) is 0 Å². The summed E-state index contributed by atoms with van der Waals surface area (Å²) in [6.07, 6.45) is 90.3. The maximum atomic E-state index is 2.48. The number of allylic oxidation sites excluding steroid dienone is 4. The molecule has 610 valence electrons. The Morgan fingerprint density at radius 3 is 0.556 bits per heavy atom. The van der Waals surface area contributed by atoms with Gasteiger partial charge in [0.2, 0.25) is 0 Å². The van der Waals surface area contributed by atoms with Gasteiger partial charge in [0.05, 0.1) is 0 Å². The van der Waals surface area contributed by atoms with Crippen LogP contribution in [0.5, 0.6) is 0 Å². The standard InChI is InChI=1S/C24H50.C18H38.2C18H36.C16H34.5CH4/c1-20(2)12-9-13-21(3)14-10-15-22(4)16-11-17-23(5)18-19-24(6,7)8;3*1-5-6-7-8-9-10-11-12-13-14-15-16-17-18(2,3)4;1-5-6-7-8-9-10-11-12-13-14-15-16(2,3)4;;;;;/h20-23H,9-19H2,1-8H3;5-17H2,1-4H3;2*8-9H,5-7,10-17H2,1-4H3;5-15H2,1-4H3;5*1H4/b;;9-8+;9-8-;;;;;;. The van der Waals surface area contributed by atoms with Crippen LogP contribution in [0.2, 0.25) is 0 Å². The SMILES string of the molecule is C.C.C.C.C.CC(C)CCCC(C)CCCC(C)CCCC(C)CCC(C)(C)C.CCCC/C=C/CCCCCCCCC(C)(C)C.CCCC/C=C\CCCCCCCCC(C)(C)C.CCCCCCCCCCCCC(C)(C)C.CCCCCCCCCCCCCCC(C)(C)C. The van der Waals surface area contributed by atoms with Crippen LogP contribution in [-0.2, 0) is 0 Å². The third kappa shape index (κ3) is 134. The van der Waals surface area contributed by atoms with E-state index in [1.165, 1.54) is 366 Å². The molecule has 0 heterocycles. The summed E-state index contributed by atoms with van der Waals surface area (Å²) in [4.78, 5) is 0. The first-order valence-electron chi connectivity index (χ1n) is 43.6. The minimum Gasteiger partial charge on any atom is -0.0885 e. The fourth-order valence-corrected chi connectivity index (χ4v) is 12.6. The fourth-order valence-electron chi connectivity index (χ4n) is 12.6. The van der Waals surface area contributed by atoms with Crippen LogP contribution in [0.1, 0.15) is 569 Å². The van der Waals surface area contributed by atoms with Gasteiger partial charge in [-0.25, -0.2) is 0 Å². The third-order valence-electron chi connectivity index (χ3n) is 19.6. The van der Waals surface area contributed by atoms with Crippen molar-refractivity contribution < 1.29 is 0 Å². The van der Waals surface area contributed by atoms with Crippen LogP contribution < -0.4 is 0 Å². The summed E-state index contributed by atoms with van der Waals surface area (Å²) >= 11 is 0. The molecule has 0 bridgehead atoms. The minimum absolute atomic E-state index is 0. The second-order valence-corrected chi connectivity index (χ2v) is 38.0. The normalized spacial score (nSPS) is 12.6. The molecule has 0 saturated carbocycles. The van der Waals surface area contributed by atoms with E-state index >= 15 is 0 Å². The van der Waals surface area contributed by atoms with E-state index in [0.29, 0.717) is 27.1 Å². The van der Waals surface area contributed by atoms with Crippen molar-refractivity contribution in [2.45, 2.75) is 569 Å². The highest BCUT2D eigenvalue weighted by molar-refractivity contribution is 4.82. The van der Waals surface area contributed by atoms with Crippen molar-refractivity contribution in [2.75, 3.05) is 0 Å². The van der Waals surface area contributed by atoms with E-state index in [0.717, 1.165) is 23.7 Å². The van der Waals surface area contributed by atoms with E-state index < -0.39 is 0 Å². The van der Waals surface area contributed by atoms with E-state index in [-0.39, 0.29) is 37.1 Å². The zero-order valence-electron chi connectivity index (χ0n) is 71.4. The van der Waals surface area contributed by atoms with E-state index in [1.54, 1.807) is 0 Å². The predicted octanol–water partition coefficient (Wildman–Crippen LogP) is 39.3. The first kappa shape index (κ1) is 120. The lowest BCUT2D eigenvalue weighted by atomic mass is 9.85. The highest BCUT2D eigenvalue weighted by Crippen LogP contribution is 2.29. The number of hydrogen-bond acceptors (Lipinski definition) is 0. The van der Waals surface area contributed by atoms with Gasteiger partial charge in [-0.05, 0) is 121 Å². The second kappa shape index (κ2) is 86.4. The summed E-state index contributed by atoms with van der Waals surface area (Å²) in [5.41, 5.74) is 2.65. The van der Waals surface area contributed by atoms with Gasteiger partial charge < -0.3 is 0 Å². The Morgan fingerprint density at radius 2 is 0.354 bits per heavy atom. The van der Waals surface area contributed by atoms with Crippen LogP contribution in [-0.4, -0.2) is 0 Å². The van der Waals surface area contributed by atoms with Crippen molar-refractivity contribution >= 4 is 0 Å². The Hall–Kier alpha value is -0.520. The molecule has 0 aromatic rings. The molecule has 0 rings (SSSR count). The lowest BCUT2D eigenvalue weighted by molar-refractivity contribution is 0.313. The van der Waals surface area contributed by atoms with Gasteiger partial charge in [-0.3, -0.25) is 0 Å². The first-order valence-corrected chi connectivity index (χ1v) is 43.6. The van der Waals surface area contributed by atoms with E-state index in [9.17, 15) is 0 Å². The highest BCUT2D eigenvalue weighted by atomic mass is 14.2. The zero-order valence-corrected chi connectivity index (χ0v) is 71.4. The van der Waals surface area contributed by atoms with Crippen molar-refractivity contribution in [2.24, 2.45) is 50.7 Å². The number of rotatable bonds is 58.